The molecule has 30 heavy (non-hydrogen) atoms. The van der Waals surface area contributed by atoms with Gasteiger partial charge in [0.05, 0.1) is 24.9 Å². The minimum Gasteiger partial charge on any atom is -0.389 e. The minimum absolute atomic E-state index is 0.136. The molecule has 3 rings (SSSR count). The van der Waals surface area contributed by atoms with Crippen LogP contribution in [0.4, 0.5) is 0 Å². The molecule has 12 unspecified atom stereocenters. The summed E-state index contributed by atoms with van der Waals surface area (Å²) < 4.78 is 23.6. The van der Waals surface area contributed by atoms with E-state index in [1.165, 1.54) is 0 Å². The van der Waals surface area contributed by atoms with E-state index in [-0.39, 0.29) is 30.8 Å². The second-order valence-electron chi connectivity index (χ2n) is 8.86. The predicted octanol–water partition coefficient (Wildman–Crippen LogP) is -2.95. The van der Waals surface area contributed by atoms with Crippen molar-refractivity contribution in [1.82, 2.24) is 5.32 Å². The second-order valence-corrected chi connectivity index (χ2v) is 8.86. The summed E-state index contributed by atoms with van der Waals surface area (Å²) in [7, 11) is 1.77. The summed E-state index contributed by atoms with van der Waals surface area (Å²) in [6.45, 7) is 2.01. The predicted molar refractivity (Wildman–Crippen MR) is 109 cm³/mol. The number of aliphatic hydroxyl groups is 2. The molecule has 3 aliphatic rings. The lowest BCUT2D eigenvalue weighted by Crippen LogP contribution is -2.65. The van der Waals surface area contributed by atoms with Crippen molar-refractivity contribution < 1.29 is 29.2 Å². The van der Waals surface area contributed by atoms with Crippen LogP contribution in [-0.4, -0.2) is 97.2 Å². The van der Waals surface area contributed by atoms with Gasteiger partial charge in [-0.05, 0) is 33.2 Å². The van der Waals surface area contributed by atoms with Gasteiger partial charge in [0.25, 0.3) is 0 Å². The van der Waals surface area contributed by atoms with Crippen molar-refractivity contribution in [3.05, 3.63) is 0 Å². The number of nitrogens with two attached hydrogens (primary N) is 4. The maximum atomic E-state index is 11.0. The molecule has 2 heterocycles. The Hall–Kier alpha value is -0.440. The van der Waals surface area contributed by atoms with Gasteiger partial charge in [-0.15, -0.1) is 0 Å². The van der Waals surface area contributed by atoms with Crippen LogP contribution in [0.1, 0.15) is 32.6 Å². The normalized spacial score (nSPS) is 49.0. The van der Waals surface area contributed by atoms with Gasteiger partial charge in [0, 0.05) is 30.6 Å². The van der Waals surface area contributed by atoms with Crippen molar-refractivity contribution in [3.8, 4) is 0 Å². The molecule has 2 aliphatic heterocycles. The van der Waals surface area contributed by atoms with Gasteiger partial charge in [0.1, 0.15) is 18.3 Å². The Kier molecular flexibility index (Phi) is 8.43. The van der Waals surface area contributed by atoms with Crippen molar-refractivity contribution in [1.29, 1.82) is 0 Å². The molecule has 0 aromatic carbocycles. The highest BCUT2D eigenvalue weighted by Gasteiger charge is 2.47. The van der Waals surface area contributed by atoms with Crippen molar-refractivity contribution in [3.63, 3.8) is 0 Å². The number of ether oxygens (including phenoxy) is 4. The van der Waals surface area contributed by atoms with Gasteiger partial charge in [-0.3, -0.25) is 0 Å². The molecule has 0 bridgehead atoms. The molecule has 11 N–H and O–H groups in total. The fraction of sp³-hybridized carbons (Fsp3) is 1.00. The number of hydrogen-bond acceptors (Lipinski definition) is 11. The van der Waals surface area contributed by atoms with Gasteiger partial charge in [0.2, 0.25) is 0 Å². The number of aliphatic hydroxyl groups excluding tert-OH is 2. The first-order chi connectivity index (χ1) is 14.2. The van der Waals surface area contributed by atoms with Crippen LogP contribution in [0, 0.1) is 0 Å². The lowest BCUT2D eigenvalue weighted by atomic mass is 9.84. The van der Waals surface area contributed by atoms with E-state index in [0.717, 1.165) is 6.42 Å². The summed E-state index contributed by atoms with van der Waals surface area (Å²) in [5, 5.41) is 24.0. The van der Waals surface area contributed by atoms with E-state index >= 15 is 0 Å². The third-order valence-electron chi connectivity index (χ3n) is 6.43. The number of rotatable bonds is 6. The highest BCUT2D eigenvalue weighted by atomic mass is 16.7. The molecule has 11 nitrogen and oxygen atoms in total. The first-order valence-corrected chi connectivity index (χ1v) is 10.8. The summed E-state index contributed by atoms with van der Waals surface area (Å²) in [6, 6.07) is -1.65. The van der Waals surface area contributed by atoms with Gasteiger partial charge in [0.15, 0.2) is 12.6 Å². The fourth-order valence-electron chi connectivity index (χ4n) is 4.48. The molecule has 12 atom stereocenters. The molecular formula is C19H39N5O6. The zero-order chi connectivity index (χ0) is 22.0. The van der Waals surface area contributed by atoms with Crippen LogP contribution < -0.4 is 28.3 Å². The minimum atomic E-state index is -1.08. The zero-order valence-corrected chi connectivity index (χ0v) is 17.8. The standard InChI is InChI=1S/C19H39N5O6/c1-8(20)14-4-3-9(21)19(28-14)30-18-11(23)5-10(22)17(16(18)26)29-15-6-12(24-2)13(25)7-27-15/h8-19,24-26H,3-7,20-23H2,1-2H3. The maximum Gasteiger partial charge on any atom is 0.173 e. The summed E-state index contributed by atoms with van der Waals surface area (Å²) in [5.74, 6) is 0. The number of hydrogen-bond donors (Lipinski definition) is 7. The third-order valence-corrected chi connectivity index (χ3v) is 6.43. The average molecular weight is 434 g/mol. The molecule has 176 valence electrons. The number of likely N-dealkylation sites (N-methyl/N-ethyl adjacent to an activating group) is 1. The average Bonchev–Trinajstić information content (AvgIpc) is 2.70. The van der Waals surface area contributed by atoms with E-state index in [0.29, 0.717) is 19.3 Å². The smallest absolute Gasteiger partial charge is 0.173 e. The first-order valence-electron chi connectivity index (χ1n) is 10.8. The van der Waals surface area contributed by atoms with Crippen LogP contribution in [0.5, 0.6) is 0 Å². The van der Waals surface area contributed by atoms with E-state index in [1.807, 2.05) is 6.92 Å². The molecule has 0 aromatic rings. The lowest BCUT2D eigenvalue weighted by Gasteiger charge is -2.46. The van der Waals surface area contributed by atoms with E-state index in [9.17, 15) is 10.2 Å². The van der Waals surface area contributed by atoms with E-state index in [2.05, 4.69) is 5.32 Å². The van der Waals surface area contributed by atoms with Crippen molar-refractivity contribution >= 4 is 0 Å². The SMILES string of the molecule is CNC1CC(OC2C(N)CC(N)C(OC3OC(C(C)N)CCC3N)C2O)OCC1O. The molecule has 11 heteroatoms. The summed E-state index contributed by atoms with van der Waals surface area (Å²) in [5.41, 5.74) is 24.7. The van der Waals surface area contributed by atoms with Crippen molar-refractivity contribution in [2.45, 2.75) is 106 Å². The maximum absolute atomic E-state index is 11.0. The molecule has 1 aliphatic carbocycles. The third kappa shape index (κ3) is 5.48. The molecule has 0 amide bonds. The quantitative estimate of drug-likeness (QED) is 0.226. The summed E-state index contributed by atoms with van der Waals surface area (Å²) in [4.78, 5) is 0. The Bertz CT molecular complexity index is 546. The van der Waals surface area contributed by atoms with Crippen LogP contribution in [0.3, 0.4) is 0 Å². The second kappa shape index (κ2) is 10.5. The molecule has 1 saturated carbocycles. The summed E-state index contributed by atoms with van der Waals surface area (Å²) >= 11 is 0. The van der Waals surface area contributed by atoms with Crippen LogP contribution in [-0.2, 0) is 18.9 Å². The van der Waals surface area contributed by atoms with Gasteiger partial charge >= 0.3 is 0 Å². The van der Waals surface area contributed by atoms with Crippen LogP contribution in [0.25, 0.3) is 0 Å². The highest BCUT2D eigenvalue weighted by Crippen LogP contribution is 2.30. The van der Waals surface area contributed by atoms with Gasteiger partial charge in [-0.2, -0.15) is 0 Å². The zero-order valence-electron chi connectivity index (χ0n) is 17.8. The Morgan fingerprint density at radius 1 is 1.00 bits per heavy atom. The Labute approximate surface area is 177 Å². The lowest BCUT2D eigenvalue weighted by molar-refractivity contribution is -0.279. The van der Waals surface area contributed by atoms with E-state index < -0.39 is 49.1 Å². The molecule has 0 radical (unpaired) electrons. The largest absolute Gasteiger partial charge is 0.389 e. The van der Waals surface area contributed by atoms with Gasteiger partial charge in [-0.1, -0.05) is 0 Å². The molecule has 0 aromatic heterocycles. The van der Waals surface area contributed by atoms with Crippen LogP contribution in [0.2, 0.25) is 0 Å². The van der Waals surface area contributed by atoms with Gasteiger partial charge < -0.3 is 57.4 Å². The fourth-order valence-corrected chi connectivity index (χ4v) is 4.48. The Morgan fingerprint density at radius 3 is 2.30 bits per heavy atom. The molecule has 2 saturated heterocycles. The molecular weight excluding hydrogens is 394 g/mol. The van der Waals surface area contributed by atoms with Gasteiger partial charge in [-0.25, -0.2) is 0 Å². The Morgan fingerprint density at radius 2 is 1.67 bits per heavy atom. The van der Waals surface area contributed by atoms with Crippen molar-refractivity contribution in [2.75, 3.05) is 13.7 Å². The van der Waals surface area contributed by atoms with Crippen LogP contribution in [0.15, 0.2) is 0 Å². The monoisotopic (exact) mass is 433 g/mol. The highest BCUT2D eigenvalue weighted by molar-refractivity contribution is 5.00. The van der Waals surface area contributed by atoms with E-state index in [4.69, 9.17) is 41.9 Å². The van der Waals surface area contributed by atoms with Crippen LogP contribution >= 0.6 is 0 Å². The van der Waals surface area contributed by atoms with E-state index in [1.54, 1.807) is 7.05 Å². The number of nitrogens with one attached hydrogen (secondary N) is 1. The topological polar surface area (TPSA) is 193 Å². The summed E-state index contributed by atoms with van der Waals surface area (Å²) in [6.07, 6.45) is -2.40. The Balaban J connectivity index is 1.64. The first kappa shape index (κ1) is 24.2. The molecule has 0 spiro atoms. The van der Waals surface area contributed by atoms with Crippen molar-refractivity contribution in [2.24, 2.45) is 22.9 Å². The molecule has 3 fully saturated rings.